The molecule has 0 radical (unpaired) electrons. The molecule has 0 aliphatic heterocycles. The van der Waals surface area contributed by atoms with Gasteiger partial charge in [0.1, 0.15) is 6.33 Å². The highest BCUT2D eigenvalue weighted by atomic mass is 14.9. The summed E-state index contributed by atoms with van der Waals surface area (Å²) in [6.07, 6.45) is 9.37. The van der Waals surface area contributed by atoms with Crippen molar-refractivity contribution in [2.75, 3.05) is 6.54 Å². The molecule has 1 aliphatic carbocycles. The van der Waals surface area contributed by atoms with E-state index in [1.54, 1.807) is 6.33 Å². The van der Waals surface area contributed by atoms with Crippen LogP contribution in [0.25, 0.3) is 0 Å². The van der Waals surface area contributed by atoms with Crippen molar-refractivity contribution in [1.82, 2.24) is 15.3 Å². The molecular weight excluding hydrogens is 174 g/mol. The highest BCUT2D eigenvalue weighted by Crippen LogP contribution is 2.33. The zero-order chi connectivity index (χ0) is 9.80. The van der Waals surface area contributed by atoms with Gasteiger partial charge in [-0.2, -0.15) is 0 Å². The third-order valence-electron chi connectivity index (χ3n) is 2.99. The van der Waals surface area contributed by atoms with E-state index in [-0.39, 0.29) is 0 Å². The first-order chi connectivity index (χ1) is 6.92. The van der Waals surface area contributed by atoms with Gasteiger partial charge in [0, 0.05) is 24.4 Å². The molecule has 14 heavy (non-hydrogen) atoms. The Balaban J connectivity index is 2.10. The van der Waals surface area contributed by atoms with Gasteiger partial charge in [0.05, 0.1) is 0 Å². The normalized spacial score (nSPS) is 26.6. The molecule has 3 nitrogen and oxygen atoms in total. The molecule has 0 spiro atoms. The summed E-state index contributed by atoms with van der Waals surface area (Å²) in [6.45, 7) is 3.21. The number of aromatic nitrogens is 2. The molecule has 1 heterocycles. The molecule has 1 fully saturated rings. The molecule has 1 aromatic rings. The third-order valence-corrected chi connectivity index (χ3v) is 2.99. The maximum absolute atomic E-state index is 4.08. The van der Waals surface area contributed by atoms with Crippen LogP contribution in [0.15, 0.2) is 18.7 Å². The van der Waals surface area contributed by atoms with Gasteiger partial charge in [-0.3, -0.25) is 0 Å². The van der Waals surface area contributed by atoms with Gasteiger partial charge in [-0.25, -0.2) is 9.97 Å². The summed E-state index contributed by atoms with van der Waals surface area (Å²) in [5, 5.41) is 3.54. The van der Waals surface area contributed by atoms with E-state index < -0.39 is 0 Å². The van der Waals surface area contributed by atoms with Crippen LogP contribution in [0.5, 0.6) is 0 Å². The Morgan fingerprint density at radius 2 is 2.14 bits per heavy atom. The number of nitrogens with one attached hydrogen (secondary N) is 1. The predicted molar refractivity (Wildman–Crippen MR) is 56.1 cm³/mol. The molecule has 0 amide bonds. The first-order valence-corrected chi connectivity index (χ1v) is 5.40. The van der Waals surface area contributed by atoms with Crippen molar-refractivity contribution in [3.05, 3.63) is 24.3 Å². The van der Waals surface area contributed by atoms with E-state index in [4.69, 9.17) is 0 Å². The number of likely N-dealkylation sites (N-methyl/N-ethyl adjacent to an activating group) is 1. The quantitative estimate of drug-likeness (QED) is 0.790. The smallest absolute Gasteiger partial charge is 0.115 e. The summed E-state index contributed by atoms with van der Waals surface area (Å²) in [6, 6.07) is 0.631. The van der Waals surface area contributed by atoms with E-state index in [9.17, 15) is 0 Å². The van der Waals surface area contributed by atoms with Crippen LogP contribution in [0, 0.1) is 0 Å². The van der Waals surface area contributed by atoms with Gasteiger partial charge in [0.2, 0.25) is 0 Å². The topological polar surface area (TPSA) is 37.8 Å². The zero-order valence-electron chi connectivity index (χ0n) is 8.61. The molecule has 1 aliphatic rings. The molecule has 0 bridgehead atoms. The lowest BCUT2D eigenvalue weighted by Gasteiger charge is -2.19. The lowest BCUT2D eigenvalue weighted by atomic mass is 9.97. The second kappa shape index (κ2) is 4.51. The minimum Gasteiger partial charge on any atom is -0.314 e. The SMILES string of the molecule is CCNC1CCCC1c1cncnc1. The molecule has 0 aromatic carbocycles. The molecular formula is C11H17N3. The van der Waals surface area contributed by atoms with E-state index >= 15 is 0 Å². The summed E-state index contributed by atoms with van der Waals surface area (Å²) in [7, 11) is 0. The minimum absolute atomic E-state index is 0.621. The number of hydrogen-bond acceptors (Lipinski definition) is 3. The number of rotatable bonds is 3. The van der Waals surface area contributed by atoms with Crippen molar-refractivity contribution in [2.45, 2.75) is 38.1 Å². The van der Waals surface area contributed by atoms with Crippen molar-refractivity contribution in [3.8, 4) is 0 Å². The maximum Gasteiger partial charge on any atom is 0.115 e. The Labute approximate surface area is 85.0 Å². The van der Waals surface area contributed by atoms with Gasteiger partial charge in [-0.05, 0) is 24.9 Å². The molecule has 1 N–H and O–H groups in total. The van der Waals surface area contributed by atoms with Gasteiger partial charge in [-0.15, -0.1) is 0 Å². The van der Waals surface area contributed by atoms with Crippen molar-refractivity contribution in [1.29, 1.82) is 0 Å². The molecule has 2 atom stereocenters. The zero-order valence-corrected chi connectivity index (χ0v) is 8.61. The van der Waals surface area contributed by atoms with E-state index in [1.807, 2.05) is 12.4 Å². The Morgan fingerprint density at radius 3 is 2.86 bits per heavy atom. The van der Waals surface area contributed by atoms with Crippen LogP contribution in [0.1, 0.15) is 37.7 Å². The predicted octanol–water partition coefficient (Wildman–Crippen LogP) is 1.72. The fourth-order valence-electron chi connectivity index (χ4n) is 2.37. The first-order valence-electron chi connectivity index (χ1n) is 5.40. The molecule has 2 unspecified atom stereocenters. The Morgan fingerprint density at radius 1 is 1.36 bits per heavy atom. The van der Waals surface area contributed by atoms with Crippen molar-refractivity contribution >= 4 is 0 Å². The fraction of sp³-hybridized carbons (Fsp3) is 0.636. The number of hydrogen-bond donors (Lipinski definition) is 1. The van der Waals surface area contributed by atoms with Crippen LogP contribution < -0.4 is 5.32 Å². The van der Waals surface area contributed by atoms with E-state index in [0.29, 0.717) is 12.0 Å². The van der Waals surface area contributed by atoms with Crippen LogP contribution in [0.2, 0.25) is 0 Å². The molecule has 0 saturated heterocycles. The molecule has 1 aromatic heterocycles. The summed E-state index contributed by atoms with van der Waals surface area (Å²) in [5.41, 5.74) is 1.29. The van der Waals surface area contributed by atoms with E-state index in [1.165, 1.54) is 24.8 Å². The van der Waals surface area contributed by atoms with Crippen LogP contribution in [-0.2, 0) is 0 Å². The van der Waals surface area contributed by atoms with E-state index in [2.05, 4.69) is 22.2 Å². The Hall–Kier alpha value is -0.960. The monoisotopic (exact) mass is 191 g/mol. The van der Waals surface area contributed by atoms with Gasteiger partial charge in [0.15, 0.2) is 0 Å². The summed E-state index contributed by atoms with van der Waals surface area (Å²) >= 11 is 0. The largest absolute Gasteiger partial charge is 0.314 e. The Bertz CT molecular complexity index is 273. The first kappa shape index (κ1) is 9.59. The van der Waals surface area contributed by atoms with Gasteiger partial charge in [0.25, 0.3) is 0 Å². The highest BCUT2D eigenvalue weighted by Gasteiger charge is 2.27. The third kappa shape index (κ3) is 1.93. The van der Waals surface area contributed by atoms with Gasteiger partial charge in [-0.1, -0.05) is 13.3 Å². The highest BCUT2D eigenvalue weighted by molar-refractivity contribution is 5.15. The fourth-order valence-corrected chi connectivity index (χ4v) is 2.37. The molecule has 1 saturated carbocycles. The van der Waals surface area contributed by atoms with Crippen LogP contribution >= 0.6 is 0 Å². The second-order valence-electron chi connectivity index (χ2n) is 3.87. The summed E-state index contributed by atoms with van der Waals surface area (Å²) in [4.78, 5) is 8.17. The van der Waals surface area contributed by atoms with Crippen molar-refractivity contribution < 1.29 is 0 Å². The van der Waals surface area contributed by atoms with Gasteiger partial charge < -0.3 is 5.32 Å². The van der Waals surface area contributed by atoms with Crippen molar-refractivity contribution in [3.63, 3.8) is 0 Å². The average molecular weight is 191 g/mol. The Kier molecular flexibility index (Phi) is 3.09. The van der Waals surface area contributed by atoms with Crippen LogP contribution in [0.4, 0.5) is 0 Å². The second-order valence-corrected chi connectivity index (χ2v) is 3.87. The summed E-state index contributed by atoms with van der Waals surface area (Å²) in [5.74, 6) is 0.621. The van der Waals surface area contributed by atoms with Crippen LogP contribution in [-0.4, -0.2) is 22.6 Å². The minimum atomic E-state index is 0.621. The molecule has 2 rings (SSSR count). The van der Waals surface area contributed by atoms with E-state index in [0.717, 1.165) is 6.54 Å². The molecule has 3 heteroatoms. The summed E-state index contributed by atoms with van der Waals surface area (Å²) < 4.78 is 0. The standard InChI is InChI=1S/C11H17N3/c1-2-14-11-5-3-4-10(11)9-6-12-8-13-7-9/h6-8,10-11,14H,2-5H2,1H3. The number of nitrogens with zero attached hydrogens (tertiary/aromatic N) is 2. The average Bonchev–Trinajstić information content (AvgIpc) is 2.68. The van der Waals surface area contributed by atoms with Crippen molar-refractivity contribution in [2.24, 2.45) is 0 Å². The van der Waals surface area contributed by atoms with Crippen LogP contribution in [0.3, 0.4) is 0 Å². The maximum atomic E-state index is 4.08. The lowest BCUT2D eigenvalue weighted by Crippen LogP contribution is -2.30. The van der Waals surface area contributed by atoms with Gasteiger partial charge >= 0.3 is 0 Å². The lowest BCUT2D eigenvalue weighted by molar-refractivity contribution is 0.491. The molecule has 76 valence electrons.